The normalized spacial score (nSPS) is 21.3. The summed E-state index contributed by atoms with van der Waals surface area (Å²) in [6, 6.07) is 9.16. The number of nitrogens with zero attached hydrogens (tertiary/aromatic N) is 2. The standard InChI is InChI=1S/C16H19ClN4O/c1-16(9-18)6-7-21(10-16)15(22)14-8-13(19-20-14)11-2-4-12(17)5-3-11/h2-5,8H,6-7,9-10,18H2,1H3,(H,19,20). The second kappa shape index (κ2) is 5.74. The molecule has 1 atom stereocenters. The van der Waals surface area contributed by atoms with E-state index in [1.165, 1.54) is 0 Å². The summed E-state index contributed by atoms with van der Waals surface area (Å²) in [6.45, 7) is 4.14. The maximum absolute atomic E-state index is 12.5. The van der Waals surface area contributed by atoms with Crippen LogP contribution >= 0.6 is 11.6 Å². The molecule has 2 aromatic rings. The van der Waals surface area contributed by atoms with Crippen LogP contribution in [0.5, 0.6) is 0 Å². The van der Waals surface area contributed by atoms with Gasteiger partial charge in [0.05, 0.1) is 5.69 Å². The topological polar surface area (TPSA) is 75.0 Å². The van der Waals surface area contributed by atoms with Crippen molar-refractivity contribution in [2.45, 2.75) is 13.3 Å². The molecule has 3 N–H and O–H groups in total. The molecule has 0 spiro atoms. The zero-order valence-corrected chi connectivity index (χ0v) is 13.2. The first-order valence-electron chi connectivity index (χ1n) is 7.31. The second-order valence-electron chi connectivity index (χ2n) is 6.17. The van der Waals surface area contributed by atoms with Crippen LogP contribution in [0.4, 0.5) is 0 Å². The highest BCUT2D eigenvalue weighted by molar-refractivity contribution is 6.30. The number of halogens is 1. The fourth-order valence-electron chi connectivity index (χ4n) is 2.73. The Morgan fingerprint density at radius 1 is 1.45 bits per heavy atom. The zero-order valence-electron chi connectivity index (χ0n) is 12.5. The Balaban J connectivity index is 1.76. The molecule has 1 aromatic heterocycles. The molecule has 6 heteroatoms. The van der Waals surface area contributed by atoms with E-state index in [1.807, 2.05) is 17.0 Å². The third kappa shape index (κ3) is 2.87. The highest BCUT2D eigenvalue weighted by Crippen LogP contribution is 2.29. The van der Waals surface area contributed by atoms with Gasteiger partial charge in [-0.25, -0.2) is 0 Å². The lowest BCUT2D eigenvalue weighted by atomic mass is 9.90. The van der Waals surface area contributed by atoms with Gasteiger partial charge in [-0.1, -0.05) is 30.7 Å². The smallest absolute Gasteiger partial charge is 0.271 e. The monoisotopic (exact) mass is 318 g/mol. The lowest BCUT2D eigenvalue weighted by molar-refractivity contribution is 0.0771. The predicted molar refractivity (Wildman–Crippen MR) is 86.7 cm³/mol. The van der Waals surface area contributed by atoms with Crippen LogP contribution in [0.2, 0.25) is 5.02 Å². The first-order chi connectivity index (χ1) is 10.5. The van der Waals surface area contributed by atoms with Crippen LogP contribution in [0.15, 0.2) is 30.3 Å². The molecular weight excluding hydrogens is 300 g/mol. The Hall–Kier alpha value is -1.85. The molecule has 0 saturated carbocycles. The number of carbonyl (C=O) groups excluding carboxylic acids is 1. The van der Waals surface area contributed by atoms with E-state index in [0.29, 0.717) is 23.8 Å². The number of hydrogen-bond acceptors (Lipinski definition) is 3. The van der Waals surface area contributed by atoms with Gasteiger partial charge in [-0.3, -0.25) is 9.89 Å². The molecule has 0 bridgehead atoms. The summed E-state index contributed by atoms with van der Waals surface area (Å²) in [7, 11) is 0. The molecule has 116 valence electrons. The molecule has 0 aliphatic carbocycles. The largest absolute Gasteiger partial charge is 0.337 e. The number of nitrogens with one attached hydrogen (secondary N) is 1. The Morgan fingerprint density at radius 3 is 2.82 bits per heavy atom. The average Bonchev–Trinajstić information content (AvgIpc) is 3.15. The maximum Gasteiger partial charge on any atom is 0.271 e. The summed E-state index contributed by atoms with van der Waals surface area (Å²) in [6.07, 6.45) is 0.938. The Bertz CT molecular complexity index is 682. The number of rotatable bonds is 3. The van der Waals surface area contributed by atoms with E-state index in [2.05, 4.69) is 17.1 Å². The molecule has 2 heterocycles. The molecule has 1 aliphatic heterocycles. The second-order valence-corrected chi connectivity index (χ2v) is 6.60. The van der Waals surface area contributed by atoms with Gasteiger partial charge in [0.2, 0.25) is 0 Å². The summed E-state index contributed by atoms with van der Waals surface area (Å²) in [5.41, 5.74) is 7.98. The minimum absolute atomic E-state index is 0.0225. The molecule has 1 fully saturated rings. The van der Waals surface area contributed by atoms with E-state index in [-0.39, 0.29) is 11.3 Å². The molecule has 1 amide bonds. The van der Waals surface area contributed by atoms with Crippen LogP contribution in [0.3, 0.4) is 0 Å². The fraction of sp³-hybridized carbons (Fsp3) is 0.375. The van der Waals surface area contributed by atoms with Crippen LogP contribution in [0.1, 0.15) is 23.8 Å². The molecule has 1 aliphatic rings. The SMILES string of the molecule is CC1(CN)CCN(C(=O)c2cc(-c3ccc(Cl)cc3)n[nH]2)C1. The van der Waals surface area contributed by atoms with Crippen LogP contribution in [0.25, 0.3) is 11.3 Å². The third-order valence-electron chi connectivity index (χ3n) is 4.29. The summed E-state index contributed by atoms with van der Waals surface area (Å²) >= 11 is 5.88. The summed E-state index contributed by atoms with van der Waals surface area (Å²) in [5, 5.41) is 7.73. The number of aromatic nitrogens is 2. The maximum atomic E-state index is 12.5. The van der Waals surface area contributed by atoms with E-state index in [1.54, 1.807) is 18.2 Å². The van der Waals surface area contributed by atoms with Gasteiger partial charge in [0, 0.05) is 23.7 Å². The van der Waals surface area contributed by atoms with E-state index >= 15 is 0 Å². The highest BCUT2D eigenvalue weighted by Gasteiger charge is 2.35. The van der Waals surface area contributed by atoms with Crippen molar-refractivity contribution >= 4 is 17.5 Å². The van der Waals surface area contributed by atoms with E-state index < -0.39 is 0 Å². The first kappa shape index (κ1) is 15.1. The number of carbonyl (C=O) groups is 1. The lowest BCUT2D eigenvalue weighted by Gasteiger charge is -2.22. The van der Waals surface area contributed by atoms with Crippen molar-refractivity contribution in [2.75, 3.05) is 19.6 Å². The number of nitrogens with two attached hydrogens (primary N) is 1. The zero-order chi connectivity index (χ0) is 15.7. The quantitative estimate of drug-likeness (QED) is 0.913. The lowest BCUT2D eigenvalue weighted by Crippen LogP contribution is -2.34. The minimum atomic E-state index is -0.0233. The molecule has 1 unspecified atom stereocenters. The van der Waals surface area contributed by atoms with Crippen molar-refractivity contribution in [3.8, 4) is 11.3 Å². The van der Waals surface area contributed by atoms with Gasteiger partial charge in [0.15, 0.2) is 0 Å². The Morgan fingerprint density at radius 2 is 2.18 bits per heavy atom. The molecule has 1 saturated heterocycles. The predicted octanol–water partition coefficient (Wildman–Crippen LogP) is 2.54. The summed E-state index contributed by atoms with van der Waals surface area (Å²) in [5.74, 6) is -0.0233. The molecule has 5 nitrogen and oxygen atoms in total. The van der Waals surface area contributed by atoms with Gasteiger partial charge < -0.3 is 10.6 Å². The average molecular weight is 319 g/mol. The number of likely N-dealkylation sites (tertiary alicyclic amines) is 1. The van der Waals surface area contributed by atoms with E-state index in [0.717, 1.165) is 24.2 Å². The third-order valence-corrected chi connectivity index (χ3v) is 4.54. The number of hydrogen-bond donors (Lipinski definition) is 2. The number of H-pyrrole nitrogens is 1. The molecular formula is C16H19ClN4O. The number of amides is 1. The van der Waals surface area contributed by atoms with Crippen molar-refractivity contribution in [3.05, 3.63) is 41.0 Å². The first-order valence-corrected chi connectivity index (χ1v) is 7.69. The van der Waals surface area contributed by atoms with Crippen LogP contribution in [-0.2, 0) is 0 Å². The van der Waals surface area contributed by atoms with Gasteiger partial charge in [-0.05, 0) is 36.6 Å². The van der Waals surface area contributed by atoms with Gasteiger partial charge >= 0.3 is 0 Å². The van der Waals surface area contributed by atoms with Crippen LogP contribution < -0.4 is 5.73 Å². The van der Waals surface area contributed by atoms with Crippen molar-refractivity contribution < 1.29 is 4.79 Å². The van der Waals surface area contributed by atoms with Crippen molar-refractivity contribution in [3.63, 3.8) is 0 Å². The van der Waals surface area contributed by atoms with E-state index in [4.69, 9.17) is 17.3 Å². The summed E-state index contributed by atoms with van der Waals surface area (Å²) in [4.78, 5) is 14.4. The summed E-state index contributed by atoms with van der Waals surface area (Å²) < 4.78 is 0. The Labute approximate surface area is 134 Å². The van der Waals surface area contributed by atoms with Gasteiger partial charge in [-0.2, -0.15) is 5.10 Å². The molecule has 22 heavy (non-hydrogen) atoms. The van der Waals surface area contributed by atoms with Crippen LogP contribution in [-0.4, -0.2) is 40.6 Å². The van der Waals surface area contributed by atoms with Crippen molar-refractivity contribution in [2.24, 2.45) is 11.1 Å². The van der Waals surface area contributed by atoms with Gasteiger partial charge in [0.25, 0.3) is 5.91 Å². The minimum Gasteiger partial charge on any atom is -0.337 e. The van der Waals surface area contributed by atoms with E-state index in [9.17, 15) is 4.79 Å². The molecule has 1 aromatic carbocycles. The van der Waals surface area contributed by atoms with Crippen molar-refractivity contribution in [1.82, 2.24) is 15.1 Å². The molecule has 0 radical (unpaired) electrons. The van der Waals surface area contributed by atoms with Gasteiger partial charge in [-0.15, -0.1) is 0 Å². The Kier molecular flexibility index (Phi) is 3.93. The highest BCUT2D eigenvalue weighted by atomic mass is 35.5. The van der Waals surface area contributed by atoms with Crippen molar-refractivity contribution in [1.29, 1.82) is 0 Å². The number of benzene rings is 1. The van der Waals surface area contributed by atoms with Crippen LogP contribution in [0, 0.1) is 5.41 Å². The fourth-order valence-corrected chi connectivity index (χ4v) is 2.86. The number of aromatic amines is 1. The molecule has 3 rings (SSSR count). The van der Waals surface area contributed by atoms with Gasteiger partial charge in [0.1, 0.15) is 5.69 Å².